The van der Waals surface area contributed by atoms with Crippen LogP contribution in [0.2, 0.25) is 5.02 Å². The number of ether oxygens (including phenoxy) is 1. The van der Waals surface area contributed by atoms with Crippen molar-refractivity contribution < 1.29 is 18.7 Å². The third kappa shape index (κ3) is 5.26. The number of hydrogen-bond acceptors (Lipinski definition) is 5. The van der Waals surface area contributed by atoms with Gasteiger partial charge in [-0.15, -0.1) is 0 Å². The molecule has 1 N–H and O–H groups in total. The summed E-state index contributed by atoms with van der Waals surface area (Å²) in [5, 5.41) is 12.4. The van der Waals surface area contributed by atoms with E-state index in [1.807, 2.05) is 32.0 Å². The van der Waals surface area contributed by atoms with E-state index < -0.39 is 11.9 Å². The van der Waals surface area contributed by atoms with Crippen LogP contribution in [-0.2, 0) is 9.53 Å². The van der Waals surface area contributed by atoms with Gasteiger partial charge in [0.15, 0.2) is 0 Å². The van der Waals surface area contributed by atoms with Crippen LogP contribution in [0, 0.1) is 25.2 Å². The van der Waals surface area contributed by atoms with Crippen molar-refractivity contribution in [2.24, 2.45) is 0 Å². The van der Waals surface area contributed by atoms with Gasteiger partial charge in [-0.1, -0.05) is 17.7 Å². The number of esters is 1. The molecule has 6 nitrogen and oxygen atoms in total. The minimum Gasteiger partial charge on any atom is -0.462 e. The van der Waals surface area contributed by atoms with E-state index in [9.17, 15) is 14.9 Å². The van der Waals surface area contributed by atoms with Gasteiger partial charge in [-0.2, -0.15) is 5.26 Å². The Morgan fingerprint density at radius 2 is 1.91 bits per heavy atom. The van der Waals surface area contributed by atoms with Gasteiger partial charge in [-0.25, -0.2) is 4.79 Å². The number of halogens is 1. The lowest BCUT2D eigenvalue weighted by atomic mass is 10.1. The third-order valence-electron chi connectivity index (χ3n) is 4.79. The fraction of sp³-hybridized carbons (Fsp3) is 0.160. The number of anilines is 1. The molecule has 7 heteroatoms. The highest BCUT2D eigenvalue weighted by atomic mass is 35.5. The maximum absolute atomic E-state index is 12.5. The number of carbonyl (C=O) groups excluding carboxylic acids is 2. The first-order valence-corrected chi connectivity index (χ1v) is 10.3. The summed E-state index contributed by atoms with van der Waals surface area (Å²) >= 11 is 6.11. The van der Waals surface area contributed by atoms with Gasteiger partial charge in [0, 0.05) is 17.3 Å². The fourth-order valence-corrected chi connectivity index (χ4v) is 3.13. The van der Waals surface area contributed by atoms with Crippen molar-refractivity contribution in [2.45, 2.75) is 20.8 Å². The van der Waals surface area contributed by atoms with Crippen molar-refractivity contribution in [1.82, 2.24) is 0 Å². The molecule has 0 aliphatic heterocycles. The highest BCUT2D eigenvalue weighted by Crippen LogP contribution is 2.28. The minimum absolute atomic E-state index is 0.104. The van der Waals surface area contributed by atoms with E-state index >= 15 is 0 Å². The lowest BCUT2D eigenvalue weighted by Crippen LogP contribution is -2.13. The number of furan rings is 1. The molecule has 1 aromatic heterocycles. The predicted octanol–water partition coefficient (Wildman–Crippen LogP) is 5.94. The molecule has 3 rings (SSSR count). The quantitative estimate of drug-likeness (QED) is 0.286. The molecule has 2 aromatic carbocycles. The van der Waals surface area contributed by atoms with Gasteiger partial charge >= 0.3 is 5.97 Å². The van der Waals surface area contributed by atoms with Gasteiger partial charge in [0.05, 0.1) is 17.2 Å². The zero-order valence-corrected chi connectivity index (χ0v) is 18.6. The molecule has 0 saturated carbocycles. The van der Waals surface area contributed by atoms with Gasteiger partial charge in [0.2, 0.25) is 0 Å². The summed E-state index contributed by atoms with van der Waals surface area (Å²) in [4.78, 5) is 24.6. The number of amides is 1. The third-order valence-corrected chi connectivity index (χ3v) is 5.12. The van der Waals surface area contributed by atoms with Gasteiger partial charge in [-0.3, -0.25) is 4.79 Å². The van der Waals surface area contributed by atoms with Crippen LogP contribution in [0.1, 0.15) is 34.2 Å². The molecule has 0 bridgehead atoms. The lowest BCUT2D eigenvalue weighted by molar-refractivity contribution is -0.112. The van der Waals surface area contributed by atoms with Gasteiger partial charge in [0.25, 0.3) is 5.91 Å². The summed E-state index contributed by atoms with van der Waals surface area (Å²) < 4.78 is 10.8. The maximum Gasteiger partial charge on any atom is 0.339 e. The molecular formula is C25H21ClN2O4. The summed E-state index contributed by atoms with van der Waals surface area (Å²) in [6, 6.07) is 15.6. The van der Waals surface area contributed by atoms with E-state index in [-0.39, 0.29) is 22.8 Å². The molecule has 1 amide bonds. The second kappa shape index (κ2) is 9.99. The first-order valence-electron chi connectivity index (χ1n) is 9.89. The van der Waals surface area contributed by atoms with E-state index in [1.165, 1.54) is 6.08 Å². The predicted molar refractivity (Wildman–Crippen MR) is 123 cm³/mol. The average molecular weight is 449 g/mol. The van der Waals surface area contributed by atoms with Crippen molar-refractivity contribution in [3.8, 4) is 17.4 Å². The van der Waals surface area contributed by atoms with Crippen LogP contribution in [0.5, 0.6) is 0 Å². The monoisotopic (exact) mass is 448 g/mol. The molecule has 0 atom stereocenters. The van der Waals surface area contributed by atoms with E-state index in [4.69, 9.17) is 20.8 Å². The molecule has 3 aromatic rings. The highest BCUT2D eigenvalue weighted by Gasteiger charge is 2.15. The van der Waals surface area contributed by atoms with Crippen molar-refractivity contribution in [3.05, 3.63) is 81.6 Å². The topological polar surface area (TPSA) is 92.3 Å². The molecule has 162 valence electrons. The van der Waals surface area contributed by atoms with E-state index in [0.717, 1.165) is 11.1 Å². The largest absolute Gasteiger partial charge is 0.462 e. The number of benzene rings is 2. The maximum atomic E-state index is 12.5. The lowest BCUT2D eigenvalue weighted by Gasteiger charge is -2.07. The van der Waals surface area contributed by atoms with Crippen molar-refractivity contribution in [3.63, 3.8) is 0 Å². The molecule has 1 heterocycles. The van der Waals surface area contributed by atoms with Crippen LogP contribution in [0.3, 0.4) is 0 Å². The zero-order valence-electron chi connectivity index (χ0n) is 17.9. The van der Waals surface area contributed by atoms with Gasteiger partial charge in [-0.05, 0) is 74.4 Å². The van der Waals surface area contributed by atoms with Gasteiger partial charge < -0.3 is 14.5 Å². The number of hydrogen-bond donors (Lipinski definition) is 1. The normalized spacial score (nSPS) is 11.0. The molecule has 0 aliphatic rings. The molecule has 0 spiro atoms. The van der Waals surface area contributed by atoms with Crippen LogP contribution < -0.4 is 5.32 Å². The Morgan fingerprint density at radius 1 is 1.12 bits per heavy atom. The summed E-state index contributed by atoms with van der Waals surface area (Å²) in [6.45, 7) is 5.87. The molecule has 0 fully saturated rings. The Kier molecular flexibility index (Phi) is 7.14. The fourth-order valence-electron chi connectivity index (χ4n) is 2.94. The summed E-state index contributed by atoms with van der Waals surface area (Å²) in [6.07, 6.45) is 1.36. The first-order chi connectivity index (χ1) is 15.3. The molecule has 0 unspecified atom stereocenters. The summed E-state index contributed by atoms with van der Waals surface area (Å²) in [7, 11) is 0. The Labute approximate surface area is 191 Å². The van der Waals surface area contributed by atoms with Crippen molar-refractivity contribution >= 4 is 35.2 Å². The molecular weight excluding hydrogens is 428 g/mol. The summed E-state index contributed by atoms with van der Waals surface area (Å²) in [5.41, 5.74) is 3.47. The van der Waals surface area contributed by atoms with Crippen LogP contribution in [0.25, 0.3) is 17.4 Å². The highest BCUT2D eigenvalue weighted by molar-refractivity contribution is 6.33. The second-order valence-corrected chi connectivity index (χ2v) is 7.45. The Bertz CT molecular complexity index is 1250. The first kappa shape index (κ1) is 22.9. The van der Waals surface area contributed by atoms with Crippen LogP contribution in [-0.4, -0.2) is 18.5 Å². The molecule has 0 aliphatic carbocycles. The Hall–Kier alpha value is -3.82. The van der Waals surface area contributed by atoms with Crippen LogP contribution >= 0.6 is 11.6 Å². The Balaban J connectivity index is 1.83. The number of nitriles is 1. The van der Waals surface area contributed by atoms with E-state index in [2.05, 4.69) is 5.32 Å². The molecule has 0 radical (unpaired) electrons. The van der Waals surface area contributed by atoms with Crippen molar-refractivity contribution in [2.75, 3.05) is 11.9 Å². The number of rotatable bonds is 6. The van der Waals surface area contributed by atoms with Crippen LogP contribution in [0.4, 0.5) is 5.69 Å². The number of aryl methyl sites for hydroxylation is 2. The van der Waals surface area contributed by atoms with E-state index in [1.54, 1.807) is 43.3 Å². The number of nitrogens with zero attached hydrogens (tertiary/aromatic N) is 1. The van der Waals surface area contributed by atoms with E-state index in [0.29, 0.717) is 22.8 Å². The average Bonchev–Trinajstić information content (AvgIpc) is 3.23. The zero-order chi connectivity index (χ0) is 23.3. The summed E-state index contributed by atoms with van der Waals surface area (Å²) in [5.74, 6) is -0.296. The smallest absolute Gasteiger partial charge is 0.339 e. The van der Waals surface area contributed by atoms with Crippen molar-refractivity contribution in [1.29, 1.82) is 5.26 Å². The number of carbonyl (C=O) groups is 2. The minimum atomic E-state index is -0.537. The SMILES string of the molecule is CCOC(=O)c1cc(-c2ccc(/C=C(\C#N)C(=O)Nc3ccc(C)c(C)c3)o2)ccc1Cl. The molecule has 0 saturated heterocycles. The standard InChI is InChI=1S/C25H21ClN2O4/c1-4-31-25(30)21-13-17(6-9-22(21)26)23-10-8-20(32-23)12-18(14-27)24(29)28-19-7-5-15(2)16(3)11-19/h5-13H,4H2,1-3H3,(H,28,29)/b18-12+. The van der Waals surface area contributed by atoms with Crippen LogP contribution in [0.15, 0.2) is 58.5 Å². The number of nitrogens with one attached hydrogen (secondary N) is 1. The molecule has 32 heavy (non-hydrogen) atoms. The van der Waals surface area contributed by atoms with Gasteiger partial charge in [0.1, 0.15) is 23.2 Å². The second-order valence-electron chi connectivity index (χ2n) is 7.04. The Morgan fingerprint density at radius 3 is 2.59 bits per heavy atom.